The summed E-state index contributed by atoms with van der Waals surface area (Å²) < 4.78 is 34.9. The van der Waals surface area contributed by atoms with Crippen molar-refractivity contribution >= 4 is 32.5 Å². The van der Waals surface area contributed by atoms with Crippen LogP contribution in [0.2, 0.25) is 0 Å². The van der Waals surface area contributed by atoms with E-state index in [4.69, 9.17) is 8.60 Å². The molecule has 12 heteroatoms. The Balaban J connectivity index is 0.00000155. The minimum absolute atomic E-state index is 0.0656. The Hall–Kier alpha value is -3.80. The van der Waals surface area contributed by atoms with Gasteiger partial charge in [-0.1, -0.05) is 13.8 Å². The van der Waals surface area contributed by atoms with Gasteiger partial charge in [0.15, 0.2) is 4.90 Å². The van der Waals surface area contributed by atoms with E-state index in [9.17, 15) is 33.4 Å². The summed E-state index contributed by atoms with van der Waals surface area (Å²) in [6, 6.07) is 7.22. The minimum Gasteiger partial charge on any atom is -0.423 e. The Morgan fingerprint density at radius 3 is 2.23 bits per heavy atom. The molecule has 0 bridgehead atoms. The summed E-state index contributed by atoms with van der Waals surface area (Å²) in [6.45, 7) is 5.66. The molecule has 0 aliphatic heterocycles. The van der Waals surface area contributed by atoms with Crippen LogP contribution in [-0.4, -0.2) is 18.3 Å². The molecule has 0 aliphatic rings. The first-order valence-electron chi connectivity index (χ1n) is 8.50. The van der Waals surface area contributed by atoms with E-state index in [1.165, 1.54) is 18.2 Å². The van der Waals surface area contributed by atoms with E-state index in [1.54, 1.807) is 6.92 Å². The molecule has 0 atom stereocenters. The molecule has 11 nitrogen and oxygen atoms in total. The van der Waals surface area contributed by atoms with E-state index in [0.29, 0.717) is 17.0 Å². The van der Waals surface area contributed by atoms with Gasteiger partial charge in [0.2, 0.25) is 0 Å². The van der Waals surface area contributed by atoms with Crippen LogP contribution < -0.4 is 9.81 Å². The van der Waals surface area contributed by atoms with Gasteiger partial charge in [0.1, 0.15) is 11.3 Å². The lowest BCUT2D eigenvalue weighted by Gasteiger charge is -2.08. The SMILES string of the molecule is CC.Cc1cc(=O)oc2cc(OS(=O)(=O)c3ccc([N+](=O)[O-])cc3[N+](=O)[O-])ccc12. The molecule has 0 spiro atoms. The third kappa shape index (κ3) is 4.60. The summed E-state index contributed by atoms with van der Waals surface area (Å²) in [4.78, 5) is 30.6. The molecule has 0 saturated heterocycles. The lowest BCUT2D eigenvalue weighted by Crippen LogP contribution is -2.12. The monoisotopic (exact) mass is 436 g/mol. The van der Waals surface area contributed by atoms with Crippen LogP contribution in [0, 0.1) is 27.2 Å². The molecule has 3 rings (SSSR count). The molecule has 1 aromatic heterocycles. The van der Waals surface area contributed by atoms with E-state index in [2.05, 4.69) is 0 Å². The predicted octanol–water partition coefficient (Wildman–Crippen LogP) is 3.71. The second-order valence-electron chi connectivity index (χ2n) is 5.61. The molecule has 0 aliphatic carbocycles. The van der Waals surface area contributed by atoms with Crippen molar-refractivity contribution in [2.24, 2.45) is 0 Å². The van der Waals surface area contributed by atoms with E-state index in [1.807, 2.05) is 13.8 Å². The lowest BCUT2D eigenvalue weighted by molar-refractivity contribution is -0.396. The van der Waals surface area contributed by atoms with Gasteiger partial charge >= 0.3 is 15.7 Å². The first kappa shape index (κ1) is 22.5. The standard InChI is InChI=1S/C16H10N2O9S.C2H6/c1-9-6-16(19)26-14-8-11(3-4-12(9)14)27-28(24,25)15-5-2-10(17(20)21)7-13(15)18(22)23;1-2/h2-8H,1H3;1-2H3. The third-order valence-electron chi connectivity index (χ3n) is 3.75. The number of non-ortho nitro benzene ring substituents is 1. The number of hydrogen-bond donors (Lipinski definition) is 0. The van der Waals surface area contributed by atoms with Gasteiger partial charge < -0.3 is 8.60 Å². The van der Waals surface area contributed by atoms with Crippen LogP contribution in [0.3, 0.4) is 0 Å². The largest absolute Gasteiger partial charge is 0.423 e. The Morgan fingerprint density at radius 1 is 0.967 bits per heavy atom. The normalized spacial score (nSPS) is 10.8. The summed E-state index contributed by atoms with van der Waals surface area (Å²) in [6.07, 6.45) is 0. The molecule has 1 heterocycles. The maximum atomic E-state index is 12.5. The minimum atomic E-state index is -4.70. The van der Waals surface area contributed by atoms with Gasteiger partial charge in [-0.05, 0) is 30.7 Å². The van der Waals surface area contributed by atoms with Gasteiger partial charge in [0.25, 0.3) is 11.4 Å². The van der Waals surface area contributed by atoms with Crippen LogP contribution in [0.5, 0.6) is 5.75 Å². The summed E-state index contributed by atoms with van der Waals surface area (Å²) in [5.74, 6) is -0.256. The Bertz CT molecular complexity index is 1300. The number of benzene rings is 2. The van der Waals surface area contributed by atoms with Crippen molar-refractivity contribution in [3.8, 4) is 5.75 Å². The van der Waals surface area contributed by atoms with Gasteiger partial charge in [0, 0.05) is 23.6 Å². The van der Waals surface area contributed by atoms with E-state index in [-0.39, 0.29) is 11.3 Å². The summed E-state index contributed by atoms with van der Waals surface area (Å²) in [5.41, 5.74) is -1.62. The van der Waals surface area contributed by atoms with Gasteiger partial charge in [-0.3, -0.25) is 20.2 Å². The van der Waals surface area contributed by atoms with Crippen LogP contribution in [-0.2, 0) is 10.1 Å². The van der Waals surface area contributed by atoms with Crippen molar-refractivity contribution < 1.29 is 26.9 Å². The molecule has 0 radical (unpaired) electrons. The topological polar surface area (TPSA) is 160 Å². The second kappa shape index (κ2) is 8.69. The third-order valence-corrected chi connectivity index (χ3v) is 5.04. The molecule has 30 heavy (non-hydrogen) atoms. The van der Waals surface area contributed by atoms with Crippen molar-refractivity contribution in [3.05, 3.63) is 78.7 Å². The highest BCUT2D eigenvalue weighted by molar-refractivity contribution is 7.87. The molecule has 3 aromatic rings. The van der Waals surface area contributed by atoms with Crippen molar-refractivity contribution in [2.45, 2.75) is 25.7 Å². The molecule has 0 fully saturated rings. The summed E-state index contributed by atoms with van der Waals surface area (Å²) >= 11 is 0. The molecular formula is C18H16N2O9S. The van der Waals surface area contributed by atoms with E-state index < -0.39 is 41.9 Å². The fourth-order valence-corrected chi connectivity index (χ4v) is 3.57. The van der Waals surface area contributed by atoms with E-state index in [0.717, 1.165) is 18.2 Å². The fraction of sp³-hybridized carbons (Fsp3) is 0.167. The van der Waals surface area contributed by atoms with E-state index >= 15 is 0 Å². The fourth-order valence-electron chi connectivity index (χ4n) is 2.50. The maximum absolute atomic E-state index is 12.5. The number of nitro groups is 2. The quantitative estimate of drug-likeness (QED) is 0.251. The lowest BCUT2D eigenvalue weighted by atomic mass is 10.1. The average molecular weight is 436 g/mol. The average Bonchev–Trinajstić information content (AvgIpc) is 2.68. The zero-order valence-electron chi connectivity index (χ0n) is 16.0. The second-order valence-corrected chi connectivity index (χ2v) is 7.12. The number of nitro benzene ring substituents is 2. The van der Waals surface area contributed by atoms with Crippen molar-refractivity contribution in [1.29, 1.82) is 0 Å². The molecule has 0 unspecified atom stereocenters. The van der Waals surface area contributed by atoms with Crippen LogP contribution in [0.15, 0.2) is 56.6 Å². The number of nitrogens with zero attached hydrogens (tertiary/aromatic N) is 2. The highest BCUT2D eigenvalue weighted by Gasteiger charge is 2.30. The van der Waals surface area contributed by atoms with Crippen LogP contribution >= 0.6 is 0 Å². The maximum Gasteiger partial charge on any atom is 0.346 e. The van der Waals surface area contributed by atoms with Crippen molar-refractivity contribution in [3.63, 3.8) is 0 Å². The van der Waals surface area contributed by atoms with Gasteiger partial charge in [0.05, 0.1) is 15.9 Å². The van der Waals surface area contributed by atoms with Gasteiger partial charge in [-0.25, -0.2) is 4.79 Å². The molecule has 0 saturated carbocycles. The molecular weight excluding hydrogens is 420 g/mol. The molecule has 2 aromatic carbocycles. The molecule has 0 N–H and O–H groups in total. The zero-order chi connectivity index (χ0) is 22.6. The summed E-state index contributed by atoms with van der Waals surface area (Å²) in [5, 5.41) is 22.5. The molecule has 158 valence electrons. The number of hydrogen-bond acceptors (Lipinski definition) is 9. The Labute approximate surface area is 169 Å². The van der Waals surface area contributed by atoms with Crippen molar-refractivity contribution in [1.82, 2.24) is 0 Å². The molecule has 0 amide bonds. The Kier molecular flexibility index (Phi) is 6.52. The highest BCUT2D eigenvalue weighted by Crippen LogP contribution is 2.31. The van der Waals surface area contributed by atoms with Crippen LogP contribution in [0.1, 0.15) is 19.4 Å². The number of aryl methyl sites for hydroxylation is 1. The Morgan fingerprint density at radius 2 is 1.63 bits per heavy atom. The smallest absolute Gasteiger partial charge is 0.346 e. The van der Waals surface area contributed by atoms with Crippen molar-refractivity contribution in [2.75, 3.05) is 0 Å². The van der Waals surface area contributed by atoms with Crippen LogP contribution in [0.4, 0.5) is 11.4 Å². The zero-order valence-corrected chi connectivity index (χ0v) is 16.8. The number of fused-ring (bicyclic) bond motifs is 1. The van der Waals surface area contributed by atoms with Gasteiger partial charge in [-0.2, -0.15) is 8.42 Å². The summed E-state index contributed by atoms with van der Waals surface area (Å²) in [7, 11) is -4.70. The van der Waals surface area contributed by atoms with Crippen LogP contribution in [0.25, 0.3) is 11.0 Å². The first-order chi connectivity index (χ1) is 14.1. The number of rotatable bonds is 5. The highest BCUT2D eigenvalue weighted by atomic mass is 32.2. The van der Waals surface area contributed by atoms with Gasteiger partial charge in [-0.15, -0.1) is 0 Å². The first-order valence-corrected chi connectivity index (χ1v) is 9.91. The predicted molar refractivity (Wildman–Crippen MR) is 106 cm³/mol.